The van der Waals surface area contributed by atoms with Crippen LogP contribution >= 0.6 is 23.5 Å². The lowest BCUT2D eigenvalue weighted by Gasteiger charge is -2.40. The zero-order valence-corrected chi connectivity index (χ0v) is 13.6. The highest BCUT2D eigenvalue weighted by Crippen LogP contribution is 2.40. The van der Waals surface area contributed by atoms with Crippen molar-refractivity contribution in [1.29, 1.82) is 0 Å². The van der Waals surface area contributed by atoms with Crippen LogP contribution in [-0.4, -0.2) is 28.0 Å². The summed E-state index contributed by atoms with van der Waals surface area (Å²) in [5.74, 6) is 4.43. The van der Waals surface area contributed by atoms with E-state index < -0.39 is 0 Å². The Morgan fingerprint density at radius 2 is 1.67 bits per heavy atom. The van der Waals surface area contributed by atoms with Crippen LogP contribution in [-0.2, 0) is 0 Å². The number of nitrogens with two attached hydrogens (primary N) is 1. The van der Waals surface area contributed by atoms with Crippen LogP contribution in [0.15, 0.2) is 0 Å². The maximum atomic E-state index is 6.64. The molecule has 2 rings (SSSR count). The summed E-state index contributed by atoms with van der Waals surface area (Å²) in [6, 6.07) is 0.450. The Balaban J connectivity index is 1.87. The van der Waals surface area contributed by atoms with Gasteiger partial charge in [-0.15, -0.1) is 0 Å². The van der Waals surface area contributed by atoms with Gasteiger partial charge < -0.3 is 5.73 Å². The van der Waals surface area contributed by atoms with Gasteiger partial charge in [-0.25, -0.2) is 0 Å². The van der Waals surface area contributed by atoms with Crippen LogP contribution in [0.2, 0.25) is 0 Å². The first-order valence-electron chi connectivity index (χ1n) is 7.75. The topological polar surface area (TPSA) is 26.0 Å². The van der Waals surface area contributed by atoms with E-state index in [-0.39, 0.29) is 0 Å². The molecule has 0 aromatic heterocycles. The Hall–Kier alpha value is 0.660. The standard InChI is InChI=1S/C15H29NS2/c1-3-11-5-7-12(8-6-11)14(16)15-13(4-2)17-9-10-18-15/h11-15H,3-10,16H2,1-2H3. The molecule has 1 saturated heterocycles. The van der Waals surface area contributed by atoms with Crippen LogP contribution in [0.1, 0.15) is 52.4 Å². The number of rotatable bonds is 4. The fraction of sp³-hybridized carbons (Fsp3) is 1.00. The first-order valence-corrected chi connectivity index (χ1v) is 9.84. The highest BCUT2D eigenvalue weighted by Gasteiger charge is 2.35. The lowest BCUT2D eigenvalue weighted by atomic mass is 9.76. The maximum absolute atomic E-state index is 6.64. The third-order valence-corrected chi connectivity index (χ3v) is 8.28. The Morgan fingerprint density at radius 1 is 1.00 bits per heavy atom. The minimum Gasteiger partial charge on any atom is -0.326 e. The number of thioether (sulfide) groups is 2. The SMILES string of the molecule is CCC1CCC(C(N)C2SCCSC2CC)CC1. The molecule has 1 aliphatic heterocycles. The molecule has 3 atom stereocenters. The highest BCUT2D eigenvalue weighted by atomic mass is 32.2. The van der Waals surface area contributed by atoms with E-state index in [1.165, 1.54) is 50.0 Å². The van der Waals surface area contributed by atoms with Gasteiger partial charge >= 0.3 is 0 Å². The zero-order chi connectivity index (χ0) is 13.0. The summed E-state index contributed by atoms with van der Waals surface area (Å²) in [4.78, 5) is 0. The van der Waals surface area contributed by atoms with Crippen LogP contribution < -0.4 is 5.73 Å². The van der Waals surface area contributed by atoms with Crippen molar-refractivity contribution in [2.75, 3.05) is 11.5 Å². The van der Waals surface area contributed by atoms with Gasteiger partial charge in [-0.3, -0.25) is 0 Å². The highest BCUT2D eigenvalue weighted by molar-refractivity contribution is 8.07. The van der Waals surface area contributed by atoms with Crippen molar-refractivity contribution in [2.45, 2.75) is 68.9 Å². The second-order valence-corrected chi connectivity index (χ2v) is 8.55. The zero-order valence-electron chi connectivity index (χ0n) is 11.9. The minimum absolute atomic E-state index is 0.450. The van der Waals surface area contributed by atoms with Crippen LogP contribution in [0, 0.1) is 11.8 Å². The Morgan fingerprint density at radius 3 is 2.28 bits per heavy atom. The first-order chi connectivity index (χ1) is 8.76. The van der Waals surface area contributed by atoms with Gasteiger partial charge in [-0.1, -0.05) is 33.1 Å². The van der Waals surface area contributed by atoms with E-state index in [9.17, 15) is 0 Å². The minimum atomic E-state index is 0.450. The van der Waals surface area contributed by atoms with E-state index >= 15 is 0 Å². The molecule has 0 amide bonds. The predicted molar refractivity (Wildman–Crippen MR) is 86.5 cm³/mol. The molecule has 1 aliphatic carbocycles. The fourth-order valence-corrected chi connectivity index (χ4v) is 6.82. The molecule has 0 spiro atoms. The molecule has 106 valence electrons. The van der Waals surface area contributed by atoms with Gasteiger partial charge in [0.15, 0.2) is 0 Å². The van der Waals surface area contributed by atoms with Gasteiger partial charge in [0.1, 0.15) is 0 Å². The van der Waals surface area contributed by atoms with E-state index in [4.69, 9.17) is 5.73 Å². The van der Waals surface area contributed by atoms with Gasteiger partial charge in [0.05, 0.1) is 0 Å². The van der Waals surface area contributed by atoms with Crippen molar-refractivity contribution in [3.05, 3.63) is 0 Å². The number of hydrogen-bond acceptors (Lipinski definition) is 3. The molecule has 0 aromatic carbocycles. The average Bonchev–Trinajstić information content (AvgIpc) is 2.46. The van der Waals surface area contributed by atoms with E-state index in [1.54, 1.807) is 0 Å². The average molecular weight is 288 g/mol. The molecular formula is C15H29NS2. The van der Waals surface area contributed by atoms with Crippen LogP contribution in [0.3, 0.4) is 0 Å². The molecule has 0 bridgehead atoms. The Bertz CT molecular complexity index is 239. The van der Waals surface area contributed by atoms with E-state index in [1.807, 2.05) is 0 Å². The summed E-state index contributed by atoms with van der Waals surface area (Å²) >= 11 is 4.33. The summed E-state index contributed by atoms with van der Waals surface area (Å²) in [5, 5.41) is 1.53. The predicted octanol–water partition coefficient (Wildman–Crippen LogP) is 4.16. The van der Waals surface area contributed by atoms with Crippen molar-refractivity contribution in [2.24, 2.45) is 17.6 Å². The monoisotopic (exact) mass is 287 g/mol. The number of hydrogen-bond donors (Lipinski definition) is 1. The van der Waals surface area contributed by atoms with Gasteiger partial charge in [-0.2, -0.15) is 23.5 Å². The third-order valence-electron chi connectivity index (χ3n) is 4.89. The molecule has 1 heterocycles. The molecule has 2 aliphatic rings. The summed E-state index contributed by atoms with van der Waals surface area (Å²) in [7, 11) is 0. The van der Waals surface area contributed by atoms with E-state index in [0.717, 1.165) is 22.3 Å². The second kappa shape index (κ2) is 7.44. The van der Waals surface area contributed by atoms with Crippen LogP contribution in [0.4, 0.5) is 0 Å². The third kappa shape index (κ3) is 3.61. The van der Waals surface area contributed by atoms with E-state index in [0.29, 0.717) is 6.04 Å². The molecule has 3 heteroatoms. The molecule has 3 unspecified atom stereocenters. The van der Waals surface area contributed by atoms with E-state index in [2.05, 4.69) is 37.4 Å². The van der Waals surface area contributed by atoms with Crippen molar-refractivity contribution in [1.82, 2.24) is 0 Å². The molecule has 0 radical (unpaired) electrons. The van der Waals surface area contributed by atoms with Crippen LogP contribution in [0.5, 0.6) is 0 Å². The first kappa shape index (κ1) is 15.1. The Kier molecular flexibility index (Phi) is 6.23. The Labute approximate surface area is 121 Å². The van der Waals surface area contributed by atoms with Crippen LogP contribution in [0.25, 0.3) is 0 Å². The summed E-state index contributed by atoms with van der Waals surface area (Å²) in [6.07, 6.45) is 8.29. The second-order valence-electron chi connectivity index (χ2n) is 5.92. The molecule has 0 aromatic rings. The van der Waals surface area contributed by atoms with Crippen molar-refractivity contribution in [3.8, 4) is 0 Å². The van der Waals surface area contributed by atoms with Crippen molar-refractivity contribution >= 4 is 23.5 Å². The van der Waals surface area contributed by atoms with Gasteiger partial charge in [0, 0.05) is 28.0 Å². The fourth-order valence-electron chi connectivity index (χ4n) is 3.54. The normalized spacial score (nSPS) is 39.5. The van der Waals surface area contributed by atoms with Crippen molar-refractivity contribution < 1.29 is 0 Å². The molecule has 2 N–H and O–H groups in total. The molecule has 18 heavy (non-hydrogen) atoms. The quantitative estimate of drug-likeness (QED) is 0.841. The smallest absolute Gasteiger partial charge is 0.0320 e. The van der Waals surface area contributed by atoms with Gasteiger partial charge in [0.2, 0.25) is 0 Å². The largest absolute Gasteiger partial charge is 0.326 e. The lowest BCUT2D eigenvalue weighted by molar-refractivity contribution is 0.235. The molecule has 1 nitrogen and oxygen atoms in total. The lowest BCUT2D eigenvalue weighted by Crippen LogP contribution is -2.47. The summed E-state index contributed by atoms with van der Waals surface area (Å²) in [5.41, 5.74) is 6.64. The van der Waals surface area contributed by atoms with Gasteiger partial charge in [0.25, 0.3) is 0 Å². The maximum Gasteiger partial charge on any atom is 0.0320 e. The molecule has 2 fully saturated rings. The molecule has 1 saturated carbocycles. The molecular weight excluding hydrogens is 258 g/mol. The summed E-state index contributed by atoms with van der Waals surface area (Å²) < 4.78 is 0. The van der Waals surface area contributed by atoms with Gasteiger partial charge in [-0.05, 0) is 31.1 Å². The van der Waals surface area contributed by atoms with Crippen molar-refractivity contribution in [3.63, 3.8) is 0 Å². The summed E-state index contributed by atoms with van der Waals surface area (Å²) in [6.45, 7) is 4.67.